The Balaban J connectivity index is 1.72. The molecule has 4 rings (SSSR count). The number of benzene rings is 3. The number of ether oxygens (including phenoxy) is 3. The van der Waals surface area contributed by atoms with Gasteiger partial charge in [0.1, 0.15) is 23.1 Å². The Kier molecular flexibility index (Phi) is 8.14. The molecule has 0 heterocycles. The SMILES string of the molecule is C=C(C)C(=O)Oc1cc(OC(=O)C(=C)C)cc(-c2ccc(-c3ccc(OC(=O)C(=C)C)c4c3CCC4)c(F)c2)c1. The third-order valence-electron chi connectivity index (χ3n) is 6.38. The molecule has 204 valence electrons. The Morgan fingerprint density at radius 3 is 1.73 bits per heavy atom. The molecule has 0 unspecified atom stereocenters. The van der Waals surface area contributed by atoms with E-state index in [-0.39, 0.29) is 22.6 Å². The molecule has 0 amide bonds. The summed E-state index contributed by atoms with van der Waals surface area (Å²) in [5.74, 6) is -1.58. The smallest absolute Gasteiger partial charge is 0.338 e. The third-order valence-corrected chi connectivity index (χ3v) is 6.38. The van der Waals surface area contributed by atoms with E-state index in [4.69, 9.17) is 14.2 Å². The van der Waals surface area contributed by atoms with Crippen LogP contribution >= 0.6 is 0 Å². The van der Waals surface area contributed by atoms with Crippen LogP contribution in [0.1, 0.15) is 38.3 Å². The Morgan fingerprint density at radius 2 is 1.18 bits per heavy atom. The molecule has 7 heteroatoms. The third kappa shape index (κ3) is 6.10. The largest absolute Gasteiger partial charge is 0.423 e. The molecule has 0 aromatic heterocycles. The molecular weight excluding hydrogens is 511 g/mol. The van der Waals surface area contributed by atoms with E-state index < -0.39 is 23.7 Å². The van der Waals surface area contributed by atoms with E-state index >= 15 is 4.39 Å². The van der Waals surface area contributed by atoms with Gasteiger partial charge in [0.15, 0.2) is 0 Å². The number of hydrogen-bond acceptors (Lipinski definition) is 6. The molecule has 0 atom stereocenters. The van der Waals surface area contributed by atoms with Crippen LogP contribution < -0.4 is 14.2 Å². The van der Waals surface area contributed by atoms with Gasteiger partial charge in [-0.1, -0.05) is 37.9 Å². The van der Waals surface area contributed by atoms with Gasteiger partial charge in [0, 0.05) is 28.3 Å². The maximum atomic E-state index is 15.6. The van der Waals surface area contributed by atoms with Crippen molar-refractivity contribution in [1.82, 2.24) is 0 Å². The molecule has 3 aromatic rings. The number of carbonyl (C=O) groups excluding carboxylic acids is 3. The minimum absolute atomic E-state index is 0.109. The van der Waals surface area contributed by atoms with E-state index in [0.717, 1.165) is 36.0 Å². The van der Waals surface area contributed by atoms with Gasteiger partial charge in [-0.2, -0.15) is 0 Å². The summed E-state index contributed by atoms with van der Waals surface area (Å²) in [5.41, 5.74) is 4.59. The van der Waals surface area contributed by atoms with Crippen LogP contribution in [-0.2, 0) is 27.2 Å². The molecular formula is C33H29FO6. The molecule has 6 nitrogen and oxygen atoms in total. The van der Waals surface area contributed by atoms with Crippen LogP contribution in [0.4, 0.5) is 4.39 Å². The lowest BCUT2D eigenvalue weighted by Crippen LogP contribution is -2.10. The second-order valence-corrected chi connectivity index (χ2v) is 9.82. The van der Waals surface area contributed by atoms with Crippen molar-refractivity contribution in [3.63, 3.8) is 0 Å². The number of rotatable bonds is 8. The van der Waals surface area contributed by atoms with Crippen molar-refractivity contribution >= 4 is 17.9 Å². The Bertz CT molecular complexity index is 1550. The lowest BCUT2D eigenvalue weighted by Gasteiger charge is -2.15. The second kappa shape index (κ2) is 11.5. The van der Waals surface area contributed by atoms with Gasteiger partial charge in [-0.3, -0.25) is 0 Å². The highest BCUT2D eigenvalue weighted by atomic mass is 19.1. The first-order valence-corrected chi connectivity index (χ1v) is 12.7. The van der Waals surface area contributed by atoms with Gasteiger partial charge in [0.2, 0.25) is 0 Å². The van der Waals surface area contributed by atoms with Crippen molar-refractivity contribution in [2.45, 2.75) is 40.0 Å². The van der Waals surface area contributed by atoms with E-state index in [0.29, 0.717) is 28.0 Å². The van der Waals surface area contributed by atoms with E-state index in [2.05, 4.69) is 19.7 Å². The van der Waals surface area contributed by atoms with Crippen LogP contribution in [0.25, 0.3) is 22.3 Å². The van der Waals surface area contributed by atoms with Gasteiger partial charge in [-0.05, 0) is 92.1 Å². The highest BCUT2D eigenvalue weighted by Gasteiger charge is 2.23. The van der Waals surface area contributed by atoms with Gasteiger partial charge in [-0.15, -0.1) is 0 Å². The normalized spacial score (nSPS) is 11.8. The molecule has 0 N–H and O–H groups in total. The lowest BCUT2D eigenvalue weighted by atomic mass is 9.94. The number of esters is 3. The van der Waals surface area contributed by atoms with Gasteiger partial charge in [-0.25, -0.2) is 18.8 Å². The van der Waals surface area contributed by atoms with Gasteiger partial charge >= 0.3 is 17.9 Å². The zero-order valence-corrected chi connectivity index (χ0v) is 22.7. The molecule has 0 fully saturated rings. The molecule has 1 aliphatic carbocycles. The molecule has 3 aromatic carbocycles. The molecule has 40 heavy (non-hydrogen) atoms. The second-order valence-electron chi connectivity index (χ2n) is 9.82. The van der Waals surface area contributed by atoms with Crippen molar-refractivity contribution in [2.24, 2.45) is 0 Å². The quantitative estimate of drug-likeness (QED) is 0.172. The topological polar surface area (TPSA) is 78.9 Å². The van der Waals surface area contributed by atoms with Crippen molar-refractivity contribution < 1.29 is 33.0 Å². The average Bonchev–Trinajstić information content (AvgIpc) is 3.39. The number of halogens is 1. The van der Waals surface area contributed by atoms with Crippen LogP contribution in [0.2, 0.25) is 0 Å². The molecule has 0 radical (unpaired) electrons. The van der Waals surface area contributed by atoms with Crippen molar-refractivity contribution in [1.29, 1.82) is 0 Å². The van der Waals surface area contributed by atoms with E-state index in [1.807, 2.05) is 0 Å². The fourth-order valence-corrected chi connectivity index (χ4v) is 4.37. The Hall–Kier alpha value is -4.78. The highest BCUT2D eigenvalue weighted by Crippen LogP contribution is 2.40. The highest BCUT2D eigenvalue weighted by molar-refractivity contribution is 5.91. The number of carbonyl (C=O) groups is 3. The summed E-state index contributed by atoms with van der Waals surface area (Å²) in [6.45, 7) is 15.4. The van der Waals surface area contributed by atoms with Crippen LogP contribution in [0, 0.1) is 5.82 Å². The van der Waals surface area contributed by atoms with E-state index in [9.17, 15) is 14.4 Å². The van der Waals surface area contributed by atoms with Crippen molar-refractivity contribution in [2.75, 3.05) is 0 Å². The maximum Gasteiger partial charge on any atom is 0.338 e. The zero-order valence-electron chi connectivity index (χ0n) is 22.7. The standard InChI is InChI=1S/C33H29FO6/c1-18(2)31(35)38-23-14-22(15-24(17-23)39-32(36)19(3)4)21-10-11-27(29(34)16-21)26-12-13-30(40-33(37)20(5)6)28-9-7-8-25(26)28/h10-17H,1,3,5,7-9H2,2,4,6H3. The minimum Gasteiger partial charge on any atom is -0.423 e. The fourth-order valence-electron chi connectivity index (χ4n) is 4.37. The predicted molar refractivity (Wildman–Crippen MR) is 151 cm³/mol. The summed E-state index contributed by atoms with van der Waals surface area (Å²) >= 11 is 0. The van der Waals surface area contributed by atoms with Crippen LogP contribution in [0.5, 0.6) is 17.2 Å². The van der Waals surface area contributed by atoms with Crippen LogP contribution in [0.15, 0.2) is 85.0 Å². The van der Waals surface area contributed by atoms with Crippen molar-refractivity contribution in [3.05, 3.63) is 102 Å². The van der Waals surface area contributed by atoms with E-state index in [1.54, 1.807) is 43.3 Å². The first-order chi connectivity index (χ1) is 18.9. The summed E-state index contributed by atoms with van der Waals surface area (Å²) in [6, 6.07) is 12.7. The van der Waals surface area contributed by atoms with Crippen molar-refractivity contribution in [3.8, 4) is 39.5 Å². The van der Waals surface area contributed by atoms with E-state index in [1.165, 1.54) is 26.0 Å². The van der Waals surface area contributed by atoms with Crippen LogP contribution in [-0.4, -0.2) is 17.9 Å². The summed E-state index contributed by atoms with van der Waals surface area (Å²) < 4.78 is 31.9. The predicted octanol–water partition coefficient (Wildman–Crippen LogP) is 7.09. The average molecular weight is 541 g/mol. The van der Waals surface area contributed by atoms with Gasteiger partial charge in [0.25, 0.3) is 0 Å². The molecule has 0 bridgehead atoms. The summed E-state index contributed by atoms with van der Waals surface area (Å²) in [5, 5.41) is 0. The maximum absolute atomic E-state index is 15.6. The molecule has 0 saturated carbocycles. The summed E-state index contributed by atoms with van der Waals surface area (Å²) in [4.78, 5) is 36.3. The minimum atomic E-state index is -0.651. The lowest BCUT2D eigenvalue weighted by molar-refractivity contribution is -0.131. The zero-order chi connectivity index (χ0) is 29.1. The fraction of sp³-hybridized carbons (Fsp3) is 0.182. The van der Waals surface area contributed by atoms with Crippen LogP contribution in [0.3, 0.4) is 0 Å². The monoisotopic (exact) mass is 540 g/mol. The summed E-state index contributed by atoms with van der Waals surface area (Å²) in [7, 11) is 0. The number of fused-ring (bicyclic) bond motifs is 1. The molecule has 1 aliphatic rings. The molecule has 0 spiro atoms. The van der Waals surface area contributed by atoms with Gasteiger partial charge in [0.05, 0.1) is 0 Å². The first-order valence-electron chi connectivity index (χ1n) is 12.7. The van der Waals surface area contributed by atoms with Gasteiger partial charge < -0.3 is 14.2 Å². The molecule has 0 saturated heterocycles. The summed E-state index contributed by atoms with van der Waals surface area (Å²) in [6.07, 6.45) is 2.33. The molecule has 0 aliphatic heterocycles. The Labute approximate surface area is 232 Å². The number of hydrogen-bond donors (Lipinski definition) is 0. The Morgan fingerprint density at radius 1 is 0.650 bits per heavy atom. The first kappa shape index (κ1) is 28.2.